The highest BCUT2D eigenvalue weighted by molar-refractivity contribution is 5.75. The van der Waals surface area contributed by atoms with Crippen LogP contribution in [-0.2, 0) is 16.1 Å². The number of hydrogen-bond acceptors (Lipinski definition) is 3. The van der Waals surface area contributed by atoms with Crippen LogP contribution in [0.5, 0.6) is 0 Å². The molecule has 0 aliphatic heterocycles. The number of aryl methyl sites for hydroxylation is 1. The third-order valence-electron chi connectivity index (χ3n) is 2.51. The highest BCUT2D eigenvalue weighted by Crippen LogP contribution is 2.17. The molecule has 1 rings (SSSR count). The molecule has 0 fully saturated rings. The minimum Gasteiger partial charge on any atom is -0.382 e. The Balaban J connectivity index is 2.35. The van der Waals surface area contributed by atoms with Gasteiger partial charge in [0.05, 0.1) is 0 Å². The predicted molar refractivity (Wildman–Crippen MR) is 66.0 cm³/mol. The van der Waals surface area contributed by atoms with Crippen molar-refractivity contribution in [2.45, 2.75) is 33.2 Å². The van der Waals surface area contributed by atoms with Gasteiger partial charge in [-0.2, -0.15) is 5.10 Å². The van der Waals surface area contributed by atoms with Gasteiger partial charge in [0.2, 0.25) is 5.91 Å². The molecule has 0 spiro atoms. The maximum atomic E-state index is 12.4. The van der Waals surface area contributed by atoms with E-state index < -0.39 is 6.43 Å². The Bertz CT molecular complexity index is 408. The van der Waals surface area contributed by atoms with Gasteiger partial charge in [-0.3, -0.25) is 9.48 Å². The summed E-state index contributed by atoms with van der Waals surface area (Å²) in [5.74, 6) is -0.247. The zero-order valence-corrected chi connectivity index (χ0v) is 11.2. The van der Waals surface area contributed by atoms with Crippen molar-refractivity contribution in [2.75, 3.05) is 19.8 Å². The van der Waals surface area contributed by atoms with Crippen molar-refractivity contribution in [1.29, 1.82) is 0 Å². The fourth-order valence-corrected chi connectivity index (χ4v) is 1.54. The van der Waals surface area contributed by atoms with Crippen molar-refractivity contribution in [3.8, 4) is 0 Å². The Morgan fingerprint density at radius 2 is 2.32 bits per heavy atom. The molecule has 1 N–H and O–H groups in total. The Morgan fingerprint density at radius 3 is 2.89 bits per heavy atom. The molecule has 0 radical (unpaired) electrons. The van der Waals surface area contributed by atoms with Crippen LogP contribution in [0.4, 0.5) is 8.78 Å². The van der Waals surface area contributed by atoms with Gasteiger partial charge in [0.1, 0.15) is 12.2 Å². The van der Waals surface area contributed by atoms with Crippen molar-refractivity contribution >= 4 is 5.91 Å². The zero-order valence-electron chi connectivity index (χ0n) is 11.2. The monoisotopic (exact) mass is 275 g/mol. The van der Waals surface area contributed by atoms with Gasteiger partial charge in [-0.05, 0) is 26.3 Å². The smallest absolute Gasteiger partial charge is 0.282 e. The summed E-state index contributed by atoms with van der Waals surface area (Å²) in [4.78, 5) is 11.6. The Hall–Kier alpha value is -1.50. The normalized spacial score (nSPS) is 11.0. The number of nitrogens with one attached hydrogen (secondary N) is 1. The number of halogens is 2. The van der Waals surface area contributed by atoms with Gasteiger partial charge in [-0.15, -0.1) is 0 Å². The van der Waals surface area contributed by atoms with Crippen LogP contribution in [0, 0.1) is 6.92 Å². The minimum absolute atomic E-state index is 0.0484. The maximum absolute atomic E-state index is 12.4. The molecule has 0 atom stereocenters. The first kappa shape index (κ1) is 15.6. The summed E-state index contributed by atoms with van der Waals surface area (Å²) in [6.45, 7) is 5.24. The number of amides is 1. The molecular formula is C12H19F2N3O2. The van der Waals surface area contributed by atoms with E-state index in [9.17, 15) is 13.6 Å². The molecule has 19 heavy (non-hydrogen) atoms. The number of ether oxygens (including phenoxy) is 1. The summed E-state index contributed by atoms with van der Waals surface area (Å²) in [5, 5.41) is 6.38. The van der Waals surface area contributed by atoms with Gasteiger partial charge < -0.3 is 10.1 Å². The Kier molecular flexibility index (Phi) is 6.41. The topological polar surface area (TPSA) is 56.1 Å². The average Bonchev–Trinajstić information content (AvgIpc) is 2.71. The van der Waals surface area contributed by atoms with Crippen LogP contribution in [0.2, 0.25) is 0 Å². The summed E-state index contributed by atoms with van der Waals surface area (Å²) in [6, 6.07) is 1.28. The van der Waals surface area contributed by atoms with Gasteiger partial charge in [-0.1, -0.05) is 0 Å². The third kappa shape index (κ3) is 5.34. The second-order valence-electron chi connectivity index (χ2n) is 4.07. The molecule has 1 aromatic rings. The second kappa shape index (κ2) is 7.83. The van der Waals surface area contributed by atoms with Crippen molar-refractivity contribution in [2.24, 2.45) is 0 Å². The molecule has 1 amide bonds. The Morgan fingerprint density at radius 1 is 1.58 bits per heavy atom. The van der Waals surface area contributed by atoms with Crippen molar-refractivity contribution < 1.29 is 18.3 Å². The summed E-state index contributed by atoms with van der Waals surface area (Å²) in [7, 11) is 0. The van der Waals surface area contributed by atoms with E-state index >= 15 is 0 Å². The highest BCUT2D eigenvalue weighted by Gasteiger charge is 2.14. The van der Waals surface area contributed by atoms with Crippen LogP contribution < -0.4 is 5.32 Å². The second-order valence-corrected chi connectivity index (χ2v) is 4.07. The van der Waals surface area contributed by atoms with E-state index in [2.05, 4.69) is 10.4 Å². The van der Waals surface area contributed by atoms with E-state index in [1.54, 1.807) is 6.92 Å². The van der Waals surface area contributed by atoms with Crippen molar-refractivity contribution in [3.63, 3.8) is 0 Å². The highest BCUT2D eigenvalue weighted by atomic mass is 19.3. The molecule has 0 aromatic carbocycles. The molecular weight excluding hydrogens is 256 g/mol. The third-order valence-corrected chi connectivity index (χ3v) is 2.51. The lowest BCUT2D eigenvalue weighted by Crippen LogP contribution is -2.29. The SMILES string of the molecule is CCOCCCNC(=O)Cn1nc(C(F)F)cc1C. The zero-order chi connectivity index (χ0) is 14.3. The quantitative estimate of drug-likeness (QED) is 0.734. The number of alkyl halides is 2. The first-order valence-corrected chi connectivity index (χ1v) is 6.21. The fourth-order valence-electron chi connectivity index (χ4n) is 1.54. The van der Waals surface area contributed by atoms with Crippen LogP contribution in [0.1, 0.15) is 31.2 Å². The number of nitrogens with zero attached hydrogens (tertiary/aromatic N) is 2. The molecule has 5 nitrogen and oxygen atoms in total. The van der Waals surface area contributed by atoms with Gasteiger partial charge in [0.15, 0.2) is 0 Å². The maximum Gasteiger partial charge on any atom is 0.282 e. The van der Waals surface area contributed by atoms with Gasteiger partial charge >= 0.3 is 0 Å². The van der Waals surface area contributed by atoms with Crippen LogP contribution in [0.25, 0.3) is 0 Å². The summed E-state index contributed by atoms with van der Waals surface area (Å²) in [5.41, 5.74) is 0.237. The molecule has 0 bridgehead atoms. The minimum atomic E-state index is -2.62. The first-order chi connectivity index (χ1) is 9.04. The lowest BCUT2D eigenvalue weighted by Gasteiger charge is -2.06. The predicted octanol–water partition coefficient (Wildman–Crippen LogP) is 1.67. The van der Waals surface area contributed by atoms with Gasteiger partial charge in [0, 0.05) is 25.5 Å². The molecule has 0 unspecified atom stereocenters. The van der Waals surface area contributed by atoms with E-state index in [0.717, 1.165) is 6.42 Å². The van der Waals surface area contributed by atoms with Gasteiger partial charge in [-0.25, -0.2) is 8.78 Å². The molecule has 1 aromatic heterocycles. The number of hydrogen-bond donors (Lipinski definition) is 1. The van der Waals surface area contributed by atoms with E-state index in [1.807, 2.05) is 6.92 Å². The van der Waals surface area contributed by atoms with Crippen molar-refractivity contribution in [1.82, 2.24) is 15.1 Å². The Labute approximate surface area is 110 Å². The summed E-state index contributed by atoms with van der Waals surface area (Å²) >= 11 is 0. The van der Waals surface area contributed by atoms with Crippen LogP contribution in [0.3, 0.4) is 0 Å². The van der Waals surface area contributed by atoms with Crippen LogP contribution in [-0.4, -0.2) is 35.4 Å². The number of carbonyl (C=O) groups is 1. The standard InChI is InChI=1S/C12H19F2N3O2/c1-3-19-6-4-5-15-11(18)8-17-9(2)7-10(16-17)12(13)14/h7,12H,3-6,8H2,1-2H3,(H,15,18). The molecule has 108 valence electrons. The molecule has 7 heteroatoms. The van der Waals surface area contributed by atoms with E-state index in [4.69, 9.17) is 4.74 Å². The number of aromatic nitrogens is 2. The molecule has 0 aliphatic carbocycles. The molecule has 1 heterocycles. The van der Waals surface area contributed by atoms with E-state index in [-0.39, 0.29) is 18.1 Å². The summed E-state index contributed by atoms with van der Waals surface area (Å²) in [6.07, 6.45) is -1.89. The van der Waals surface area contributed by atoms with E-state index in [0.29, 0.717) is 25.5 Å². The fraction of sp³-hybridized carbons (Fsp3) is 0.667. The lowest BCUT2D eigenvalue weighted by atomic mass is 10.4. The average molecular weight is 275 g/mol. The van der Waals surface area contributed by atoms with Crippen molar-refractivity contribution in [3.05, 3.63) is 17.5 Å². The molecule has 0 saturated carbocycles. The lowest BCUT2D eigenvalue weighted by molar-refractivity contribution is -0.121. The summed E-state index contributed by atoms with van der Waals surface area (Å²) < 4.78 is 31.3. The van der Waals surface area contributed by atoms with Crippen LogP contribution in [0.15, 0.2) is 6.07 Å². The molecule has 0 aliphatic rings. The molecule has 0 saturated heterocycles. The number of rotatable bonds is 8. The largest absolute Gasteiger partial charge is 0.382 e. The van der Waals surface area contributed by atoms with Gasteiger partial charge in [0.25, 0.3) is 6.43 Å². The first-order valence-electron chi connectivity index (χ1n) is 6.21. The van der Waals surface area contributed by atoms with Crippen LogP contribution >= 0.6 is 0 Å². The van der Waals surface area contributed by atoms with E-state index in [1.165, 1.54) is 10.7 Å². The number of carbonyl (C=O) groups excluding carboxylic acids is 1.